The van der Waals surface area contributed by atoms with Crippen molar-refractivity contribution in [3.8, 4) is 17.0 Å². The van der Waals surface area contributed by atoms with Gasteiger partial charge in [-0.1, -0.05) is 15.9 Å². The van der Waals surface area contributed by atoms with Crippen molar-refractivity contribution in [3.63, 3.8) is 0 Å². The van der Waals surface area contributed by atoms with E-state index < -0.39 is 5.97 Å². The van der Waals surface area contributed by atoms with E-state index >= 15 is 0 Å². The van der Waals surface area contributed by atoms with Gasteiger partial charge in [-0.05, 0) is 25.1 Å². The van der Waals surface area contributed by atoms with Gasteiger partial charge in [-0.3, -0.25) is 4.68 Å². The Labute approximate surface area is 118 Å². The first-order chi connectivity index (χ1) is 8.93. The van der Waals surface area contributed by atoms with Crippen LogP contribution in [0.1, 0.15) is 16.1 Å². The lowest BCUT2D eigenvalue weighted by molar-refractivity contribution is 0.0689. The quantitative estimate of drug-likeness (QED) is 0.942. The number of halogens is 1. The molecular formula is C13H13BrN2O3. The minimum atomic E-state index is -1.04. The minimum Gasteiger partial charge on any atom is -0.496 e. The fourth-order valence-electron chi connectivity index (χ4n) is 1.86. The lowest BCUT2D eigenvalue weighted by atomic mass is 10.1. The standard InChI is InChI=1S/C13H13BrN2O3/c1-7-9(14)4-8(5-12(7)19-3)11-6-10(13(17)18)15-16(11)2/h4-6H,1-3H3,(H,17,18). The molecule has 0 saturated carbocycles. The van der Waals surface area contributed by atoms with Crippen LogP contribution in [0.4, 0.5) is 0 Å². The van der Waals surface area contributed by atoms with E-state index in [9.17, 15) is 4.79 Å². The largest absolute Gasteiger partial charge is 0.496 e. The average molecular weight is 325 g/mol. The molecule has 100 valence electrons. The minimum absolute atomic E-state index is 0.0214. The van der Waals surface area contributed by atoms with Crippen molar-refractivity contribution in [3.05, 3.63) is 33.9 Å². The molecule has 0 aliphatic heterocycles. The Balaban J connectivity index is 2.59. The molecule has 2 rings (SSSR count). The Morgan fingerprint density at radius 3 is 2.63 bits per heavy atom. The molecule has 1 N–H and O–H groups in total. The summed E-state index contributed by atoms with van der Waals surface area (Å²) in [5, 5.41) is 12.9. The number of carbonyl (C=O) groups is 1. The number of aromatic carboxylic acids is 1. The predicted octanol–water partition coefficient (Wildman–Crippen LogP) is 2.86. The Morgan fingerprint density at radius 1 is 1.42 bits per heavy atom. The van der Waals surface area contributed by atoms with E-state index in [2.05, 4.69) is 21.0 Å². The molecule has 0 saturated heterocycles. The van der Waals surface area contributed by atoms with Crippen LogP contribution < -0.4 is 4.74 Å². The summed E-state index contributed by atoms with van der Waals surface area (Å²) in [6.07, 6.45) is 0. The number of carboxylic acid groups (broad SMARTS) is 1. The zero-order valence-corrected chi connectivity index (χ0v) is 12.4. The van der Waals surface area contributed by atoms with E-state index in [-0.39, 0.29) is 5.69 Å². The second-order valence-electron chi connectivity index (χ2n) is 4.13. The van der Waals surface area contributed by atoms with Gasteiger partial charge in [0.2, 0.25) is 0 Å². The molecule has 1 aromatic heterocycles. The first-order valence-electron chi connectivity index (χ1n) is 5.56. The van der Waals surface area contributed by atoms with Crippen LogP contribution in [0.25, 0.3) is 11.3 Å². The molecule has 0 aliphatic carbocycles. The number of carboxylic acids is 1. The number of hydrogen-bond acceptors (Lipinski definition) is 3. The molecule has 5 nitrogen and oxygen atoms in total. The van der Waals surface area contributed by atoms with Gasteiger partial charge in [0, 0.05) is 22.6 Å². The molecule has 19 heavy (non-hydrogen) atoms. The molecule has 0 bridgehead atoms. The molecule has 0 amide bonds. The molecule has 1 heterocycles. The highest BCUT2D eigenvalue weighted by molar-refractivity contribution is 9.10. The maximum atomic E-state index is 10.9. The van der Waals surface area contributed by atoms with Crippen LogP contribution in [-0.4, -0.2) is 28.0 Å². The first-order valence-corrected chi connectivity index (χ1v) is 6.35. The van der Waals surface area contributed by atoms with Crippen LogP contribution in [0.5, 0.6) is 5.75 Å². The fraction of sp³-hybridized carbons (Fsp3) is 0.231. The molecule has 0 aliphatic rings. The maximum Gasteiger partial charge on any atom is 0.356 e. The van der Waals surface area contributed by atoms with Crippen LogP contribution in [0.3, 0.4) is 0 Å². The molecule has 0 atom stereocenters. The van der Waals surface area contributed by atoms with Gasteiger partial charge in [-0.15, -0.1) is 0 Å². The molecule has 0 unspecified atom stereocenters. The fourth-order valence-corrected chi connectivity index (χ4v) is 2.30. The van der Waals surface area contributed by atoms with E-state index in [1.165, 1.54) is 0 Å². The highest BCUT2D eigenvalue weighted by atomic mass is 79.9. The summed E-state index contributed by atoms with van der Waals surface area (Å²) in [7, 11) is 3.31. The number of hydrogen-bond donors (Lipinski definition) is 1. The van der Waals surface area contributed by atoms with Crippen LogP contribution in [0.15, 0.2) is 22.7 Å². The van der Waals surface area contributed by atoms with Crippen molar-refractivity contribution in [2.24, 2.45) is 7.05 Å². The summed E-state index contributed by atoms with van der Waals surface area (Å²) in [6, 6.07) is 5.32. The number of aryl methyl sites for hydroxylation is 1. The third-order valence-corrected chi connectivity index (χ3v) is 3.73. The van der Waals surface area contributed by atoms with E-state index in [1.54, 1.807) is 24.9 Å². The highest BCUT2D eigenvalue weighted by Gasteiger charge is 2.15. The van der Waals surface area contributed by atoms with Crippen molar-refractivity contribution in [2.45, 2.75) is 6.92 Å². The summed E-state index contributed by atoms with van der Waals surface area (Å²) in [5.74, 6) is -0.303. The van der Waals surface area contributed by atoms with Gasteiger partial charge >= 0.3 is 5.97 Å². The van der Waals surface area contributed by atoms with Gasteiger partial charge in [0.15, 0.2) is 5.69 Å². The van der Waals surface area contributed by atoms with Gasteiger partial charge in [-0.2, -0.15) is 5.10 Å². The second-order valence-corrected chi connectivity index (χ2v) is 4.98. The SMILES string of the molecule is COc1cc(-c2cc(C(=O)O)nn2C)cc(Br)c1C. The number of ether oxygens (including phenoxy) is 1. The monoisotopic (exact) mass is 324 g/mol. The zero-order valence-electron chi connectivity index (χ0n) is 10.8. The summed E-state index contributed by atoms with van der Waals surface area (Å²) in [5.41, 5.74) is 2.58. The van der Waals surface area contributed by atoms with Crippen LogP contribution in [0.2, 0.25) is 0 Å². The molecular weight excluding hydrogens is 312 g/mol. The van der Waals surface area contributed by atoms with Crippen LogP contribution >= 0.6 is 15.9 Å². The van der Waals surface area contributed by atoms with Crippen molar-refractivity contribution in [1.82, 2.24) is 9.78 Å². The van der Waals surface area contributed by atoms with Gasteiger partial charge in [0.05, 0.1) is 12.8 Å². The van der Waals surface area contributed by atoms with E-state index in [4.69, 9.17) is 9.84 Å². The van der Waals surface area contributed by atoms with Crippen LogP contribution in [0, 0.1) is 6.92 Å². The Morgan fingerprint density at radius 2 is 2.11 bits per heavy atom. The molecule has 0 spiro atoms. The molecule has 6 heteroatoms. The summed E-state index contributed by atoms with van der Waals surface area (Å²) >= 11 is 3.47. The smallest absolute Gasteiger partial charge is 0.356 e. The van der Waals surface area contributed by atoms with Crippen molar-refractivity contribution in [2.75, 3.05) is 7.11 Å². The topological polar surface area (TPSA) is 64.3 Å². The molecule has 1 aromatic carbocycles. The van der Waals surface area contributed by atoms with Gasteiger partial charge in [-0.25, -0.2) is 4.79 Å². The van der Waals surface area contributed by atoms with Crippen molar-refractivity contribution in [1.29, 1.82) is 0 Å². The number of methoxy groups -OCH3 is 1. The Bertz CT molecular complexity index is 650. The zero-order chi connectivity index (χ0) is 14.2. The number of rotatable bonds is 3. The first kappa shape index (κ1) is 13.6. The number of nitrogens with zero attached hydrogens (tertiary/aromatic N) is 2. The normalized spacial score (nSPS) is 10.5. The third kappa shape index (κ3) is 2.49. The summed E-state index contributed by atoms with van der Waals surface area (Å²) < 4.78 is 7.75. The van der Waals surface area contributed by atoms with E-state index in [0.717, 1.165) is 27.0 Å². The Hall–Kier alpha value is -1.82. The van der Waals surface area contributed by atoms with E-state index in [1.807, 2.05) is 19.1 Å². The van der Waals surface area contributed by atoms with Gasteiger partial charge in [0.25, 0.3) is 0 Å². The average Bonchev–Trinajstić information content (AvgIpc) is 2.75. The summed E-state index contributed by atoms with van der Waals surface area (Å²) in [6.45, 7) is 1.94. The van der Waals surface area contributed by atoms with Gasteiger partial charge in [0.1, 0.15) is 5.75 Å². The number of aromatic nitrogens is 2. The number of benzene rings is 1. The van der Waals surface area contributed by atoms with Crippen LogP contribution in [-0.2, 0) is 7.05 Å². The maximum absolute atomic E-state index is 10.9. The molecule has 2 aromatic rings. The third-order valence-electron chi connectivity index (χ3n) is 2.91. The van der Waals surface area contributed by atoms with Crippen molar-refractivity contribution >= 4 is 21.9 Å². The molecule has 0 fully saturated rings. The summed E-state index contributed by atoms with van der Waals surface area (Å²) in [4.78, 5) is 10.9. The molecule has 0 radical (unpaired) electrons. The predicted molar refractivity (Wildman–Crippen MR) is 74.6 cm³/mol. The van der Waals surface area contributed by atoms with E-state index in [0.29, 0.717) is 0 Å². The van der Waals surface area contributed by atoms with Crippen molar-refractivity contribution < 1.29 is 14.6 Å². The van der Waals surface area contributed by atoms with Gasteiger partial charge < -0.3 is 9.84 Å². The second kappa shape index (κ2) is 5.05. The lowest BCUT2D eigenvalue weighted by Gasteiger charge is -2.10. The highest BCUT2D eigenvalue weighted by Crippen LogP contribution is 2.33. The lowest BCUT2D eigenvalue weighted by Crippen LogP contribution is -1.99. The Kier molecular flexibility index (Phi) is 3.61.